The zero-order chi connectivity index (χ0) is 54.3. The van der Waals surface area contributed by atoms with E-state index in [0.717, 1.165) is 122 Å². The van der Waals surface area contributed by atoms with Crippen LogP contribution in [0.15, 0.2) is 97.2 Å². The lowest BCUT2D eigenvalue weighted by molar-refractivity contribution is -0.167. The Bertz CT molecular complexity index is 1480. The van der Waals surface area contributed by atoms with E-state index in [1.54, 1.807) is 0 Å². The van der Waals surface area contributed by atoms with Gasteiger partial charge in [0.05, 0.1) is 0 Å². The summed E-state index contributed by atoms with van der Waals surface area (Å²) in [6, 6.07) is 0. The summed E-state index contributed by atoms with van der Waals surface area (Å²) < 4.78 is 16.9. The number of hydrogen-bond donors (Lipinski definition) is 0. The number of esters is 3. The van der Waals surface area contributed by atoms with E-state index in [1.807, 2.05) is 0 Å². The van der Waals surface area contributed by atoms with Crippen LogP contribution in [-0.4, -0.2) is 37.2 Å². The van der Waals surface area contributed by atoms with Crippen LogP contribution in [0.2, 0.25) is 0 Å². The lowest BCUT2D eigenvalue weighted by Crippen LogP contribution is -2.30. The molecule has 430 valence electrons. The van der Waals surface area contributed by atoms with Crippen molar-refractivity contribution in [1.82, 2.24) is 0 Å². The molecule has 0 amide bonds. The molecule has 0 saturated heterocycles. The molecule has 0 N–H and O–H groups in total. The van der Waals surface area contributed by atoms with Gasteiger partial charge in [0.2, 0.25) is 0 Å². The van der Waals surface area contributed by atoms with Gasteiger partial charge < -0.3 is 14.2 Å². The first-order chi connectivity index (χ1) is 37.0. The molecule has 6 nitrogen and oxygen atoms in total. The van der Waals surface area contributed by atoms with E-state index < -0.39 is 6.10 Å². The molecule has 0 aliphatic rings. The van der Waals surface area contributed by atoms with Crippen molar-refractivity contribution in [3.05, 3.63) is 97.2 Å². The van der Waals surface area contributed by atoms with E-state index in [2.05, 4.69) is 118 Å². The second-order valence-electron chi connectivity index (χ2n) is 20.9. The highest BCUT2D eigenvalue weighted by molar-refractivity contribution is 5.71. The van der Waals surface area contributed by atoms with Gasteiger partial charge in [-0.15, -0.1) is 0 Å². The number of carbonyl (C=O) groups is 3. The van der Waals surface area contributed by atoms with Gasteiger partial charge >= 0.3 is 17.9 Å². The van der Waals surface area contributed by atoms with Crippen LogP contribution in [0.1, 0.15) is 303 Å². The summed E-state index contributed by atoms with van der Waals surface area (Å²) in [5.74, 6) is -0.901. The number of hydrogen-bond acceptors (Lipinski definition) is 6. The molecule has 0 bridgehead atoms. The predicted molar refractivity (Wildman–Crippen MR) is 325 cm³/mol. The van der Waals surface area contributed by atoms with Crippen LogP contribution in [-0.2, 0) is 28.6 Å². The molecule has 0 aromatic carbocycles. The summed E-state index contributed by atoms with van der Waals surface area (Å²) in [6.45, 7) is 6.47. The van der Waals surface area contributed by atoms with E-state index in [1.165, 1.54) is 141 Å². The molecule has 0 rings (SSSR count). The lowest BCUT2D eigenvalue weighted by Gasteiger charge is -2.18. The molecule has 0 spiro atoms. The van der Waals surface area contributed by atoms with Gasteiger partial charge in [0.1, 0.15) is 13.2 Å². The first-order valence-corrected chi connectivity index (χ1v) is 31.7. The van der Waals surface area contributed by atoms with Crippen LogP contribution in [0.25, 0.3) is 0 Å². The fraction of sp³-hybridized carbons (Fsp3) is 0.725. The molecular weight excluding hydrogens is 925 g/mol. The smallest absolute Gasteiger partial charge is 0.306 e. The van der Waals surface area contributed by atoms with Crippen LogP contribution < -0.4 is 0 Å². The summed E-state index contributed by atoms with van der Waals surface area (Å²) in [6.07, 6.45) is 84.0. The minimum atomic E-state index is -0.790. The molecule has 0 aromatic heterocycles. The Hall–Kier alpha value is -3.67. The molecule has 75 heavy (non-hydrogen) atoms. The van der Waals surface area contributed by atoms with Gasteiger partial charge in [-0.2, -0.15) is 0 Å². The average molecular weight is 1040 g/mol. The van der Waals surface area contributed by atoms with Crippen molar-refractivity contribution in [2.75, 3.05) is 13.2 Å². The highest BCUT2D eigenvalue weighted by Crippen LogP contribution is 2.16. The summed E-state index contributed by atoms with van der Waals surface area (Å²) in [5, 5.41) is 0. The molecule has 1 atom stereocenters. The largest absolute Gasteiger partial charge is 0.462 e. The third kappa shape index (κ3) is 61.1. The van der Waals surface area contributed by atoms with Crippen molar-refractivity contribution >= 4 is 17.9 Å². The molecule has 0 heterocycles. The van der Waals surface area contributed by atoms with Gasteiger partial charge in [-0.1, -0.05) is 266 Å². The van der Waals surface area contributed by atoms with Crippen molar-refractivity contribution < 1.29 is 28.6 Å². The molecule has 6 heteroatoms. The average Bonchev–Trinajstić information content (AvgIpc) is 3.41. The predicted octanol–water partition coefficient (Wildman–Crippen LogP) is 21.7. The van der Waals surface area contributed by atoms with Crippen molar-refractivity contribution in [2.45, 2.75) is 309 Å². The van der Waals surface area contributed by atoms with Crippen LogP contribution in [0.3, 0.4) is 0 Å². The first-order valence-electron chi connectivity index (χ1n) is 31.7. The summed E-state index contributed by atoms with van der Waals surface area (Å²) in [4.78, 5) is 38.3. The van der Waals surface area contributed by atoms with E-state index >= 15 is 0 Å². The zero-order valence-corrected chi connectivity index (χ0v) is 49.3. The van der Waals surface area contributed by atoms with Gasteiger partial charge in [0.25, 0.3) is 0 Å². The highest BCUT2D eigenvalue weighted by Gasteiger charge is 2.19. The number of carbonyl (C=O) groups excluding carboxylic acids is 3. The standard InChI is InChI=1S/C69H118O6/c1-4-7-10-13-16-19-22-25-28-30-32-33-34-35-36-37-38-40-41-44-47-50-53-56-59-62-68(71)74-65-66(64-73-67(70)61-58-55-52-49-46-43-27-24-21-18-15-12-9-6-3)75-69(72)63-60-57-54-51-48-45-42-39-31-29-26-23-20-17-14-11-8-5-2/h7,10,15-16,18-20,23-25,27-29,31-33,66H,4-6,8-9,11-14,17,21-22,26,30,34-65H2,1-3H3/b10-7-,18-15-,19-16-,23-20-,27-24-,28-25-,31-29-,33-32-. The van der Waals surface area contributed by atoms with Crippen LogP contribution in [0, 0.1) is 0 Å². The fourth-order valence-electron chi connectivity index (χ4n) is 8.78. The van der Waals surface area contributed by atoms with E-state index in [4.69, 9.17) is 14.2 Å². The lowest BCUT2D eigenvalue weighted by atomic mass is 10.0. The molecule has 0 saturated carbocycles. The van der Waals surface area contributed by atoms with Crippen molar-refractivity contribution in [3.8, 4) is 0 Å². The summed E-state index contributed by atoms with van der Waals surface area (Å²) in [5.41, 5.74) is 0. The summed E-state index contributed by atoms with van der Waals surface area (Å²) >= 11 is 0. The van der Waals surface area contributed by atoms with Gasteiger partial charge in [0.15, 0.2) is 6.10 Å². The quantitative estimate of drug-likeness (QED) is 0.0261. The second-order valence-corrected chi connectivity index (χ2v) is 20.9. The van der Waals surface area contributed by atoms with E-state index in [-0.39, 0.29) is 31.1 Å². The number of ether oxygens (including phenoxy) is 3. The Morgan fingerprint density at radius 3 is 0.853 bits per heavy atom. The minimum Gasteiger partial charge on any atom is -0.462 e. The van der Waals surface area contributed by atoms with Crippen LogP contribution in [0.5, 0.6) is 0 Å². The fourth-order valence-corrected chi connectivity index (χ4v) is 8.78. The third-order valence-corrected chi connectivity index (χ3v) is 13.5. The SMILES string of the molecule is CC/C=C\C/C=C\C/C=C\C/C=C\CCCCCCCCCCCCCCC(=O)OCC(COC(=O)CCCCCCC/C=C\C/C=C\CCCC)OC(=O)CCCCCCCCC/C=C\C/C=C\CCCCCC. The van der Waals surface area contributed by atoms with Crippen LogP contribution in [0.4, 0.5) is 0 Å². The molecule has 0 radical (unpaired) electrons. The van der Waals surface area contributed by atoms with Crippen molar-refractivity contribution in [3.63, 3.8) is 0 Å². The maximum absolute atomic E-state index is 12.9. The topological polar surface area (TPSA) is 78.9 Å². The van der Waals surface area contributed by atoms with Crippen molar-refractivity contribution in [2.24, 2.45) is 0 Å². The Labute approximate surface area is 464 Å². The van der Waals surface area contributed by atoms with E-state index in [9.17, 15) is 14.4 Å². The normalized spacial score (nSPS) is 12.7. The molecule has 0 aliphatic carbocycles. The van der Waals surface area contributed by atoms with Gasteiger partial charge in [0, 0.05) is 19.3 Å². The number of allylic oxidation sites excluding steroid dienone is 16. The Morgan fingerprint density at radius 2 is 0.533 bits per heavy atom. The van der Waals surface area contributed by atoms with Crippen LogP contribution >= 0.6 is 0 Å². The maximum atomic E-state index is 12.9. The zero-order valence-electron chi connectivity index (χ0n) is 49.3. The van der Waals surface area contributed by atoms with Gasteiger partial charge in [-0.3, -0.25) is 14.4 Å². The van der Waals surface area contributed by atoms with Gasteiger partial charge in [-0.05, 0) is 116 Å². The minimum absolute atomic E-state index is 0.0856. The molecule has 1 unspecified atom stereocenters. The monoisotopic (exact) mass is 1040 g/mol. The molecule has 0 aliphatic heterocycles. The highest BCUT2D eigenvalue weighted by atomic mass is 16.6. The first kappa shape index (κ1) is 71.3. The third-order valence-electron chi connectivity index (χ3n) is 13.5. The second kappa shape index (κ2) is 62.9. The molecule has 0 aromatic rings. The van der Waals surface area contributed by atoms with Gasteiger partial charge in [-0.25, -0.2) is 0 Å². The Morgan fingerprint density at radius 1 is 0.280 bits per heavy atom. The van der Waals surface area contributed by atoms with E-state index in [0.29, 0.717) is 19.3 Å². The Kier molecular flexibility index (Phi) is 59.8. The molecule has 0 fully saturated rings. The Balaban J connectivity index is 4.34. The van der Waals surface area contributed by atoms with Crippen molar-refractivity contribution in [1.29, 1.82) is 0 Å². The maximum Gasteiger partial charge on any atom is 0.306 e. The molecular formula is C69H118O6. The number of unbranched alkanes of at least 4 members (excludes halogenated alkanes) is 30. The summed E-state index contributed by atoms with van der Waals surface area (Å²) in [7, 11) is 0. The number of rotatable bonds is 57.